The Kier molecular flexibility index (Phi) is 4.50. The third kappa shape index (κ3) is 2.82. The minimum atomic E-state index is -0.852. The normalized spacial score (nSPS) is 21.8. The fourth-order valence-corrected chi connectivity index (χ4v) is 5.02. The average Bonchev–Trinajstić information content (AvgIpc) is 3.33. The van der Waals surface area contributed by atoms with E-state index >= 15 is 0 Å². The van der Waals surface area contributed by atoms with E-state index in [1.807, 2.05) is 66.4 Å². The number of aromatic nitrogens is 1. The second kappa shape index (κ2) is 7.23. The number of amides is 2. The number of hydrogen-bond donors (Lipinski definition) is 1. The van der Waals surface area contributed by atoms with Gasteiger partial charge in [0, 0.05) is 24.6 Å². The molecule has 2 atom stereocenters. The molecule has 1 fully saturated rings. The number of likely N-dealkylation sites (tertiary alicyclic amines) is 1. The van der Waals surface area contributed by atoms with Crippen LogP contribution in [-0.4, -0.2) is 35.4 Å². The SMILES string of the molecule is COc1cccc(C2N(C(=O)c3cnccc3C)CCC23C(=O)Nc2ccccc23)c1. The summed E-state index contributed by atoms with van der Waals surface area (Å²) in [7, 11) is 1.61. The third-order valence-corrected chi connectivity index (χ3v) is 6.53. The van der Waals surface area contributed by atoms with Crippen molar-refractivity contribution in [2.45, 2.75) is 24.8 Å². The van der Waals surface area contributed by atoms with Gasteiger partial charge in [-0.1, -0.05) is 30.3 Å². The Morgan fingerprint density at radius 1 is 1.19 bits per heavy atom. The molecule has 1 N–H and O–H groups in total. The van der Waals surface area contributed by atoms with Crippen LogP contribution in [0.2, 0.25) is 0 Å². The van der Waals surface area contributed by atoms with Gasteiger partial charge >= 0.3 is 0 Å². The van der Waals surface area contributed by atoms with Crippen molar-refractivity contribution in [1.82, 2.24) is 9.88 Å². The van der Waals surface area contributed by atoms with Crippen molar-refractivity contribution in [1.29, 1.82) is 0 Å². The summed E-state index contributed by atoms with van der Waals surface area (Å²) in [5.41, 5.74) is 3.19. The molecule has 1 spiro atoms. The summed E-state index contributed by atoms with van der Waals surface area (Å²) in [6.45, 7) is 2.37. The zero-order valence-corrected chi connectivity index (χ0v) is 17.5. The van der Waals surface area contributed by atoms with Crippen LogP contribution in [0.3, 0.4) is 0 Å². The number of fused-ring (bicyclic) bond motifs is 2. The number of nitrogens with one attached hydrogen (secondary N) is 1. The van der Waals surface area contributed by atoms with E-state index in [1.165, 1.54) is 0 Å². The first-order valence-corrected chi connectivity index (χ1v) is 10.3. The van der Waals surface area contributed by atoms with E-state index in [9.17, 15) is 9.59 Å². The number of benzene rings is 2. The van der Waals surface area contributed by atoms with E-state index in [-0.39, 0.29) is 11.8 Å². The molecule has 3 heterocycles. The Morgan fingerprint density at radius 3 is 2.84 bits per heavy atom. The molecule has 0 bridgehead atoms. The summed E-state index contributed by atoms with van der Waals surface area (Å²) in [4.78, 5) is 33.1. The van der Waals surface area contributed by atoms with Gasteiger partial charge in [-0.15, -0.1) is 0 Å². The fraction of sp³-hybridized carbons (Fsp3) is 0.240. The number of hydrogen-bond acceptors (Lipinski definition) is 4. The van der Waals surface area contributed by atoms with E-state index in [4.69, 9.17) is 4.74 Å². The second-order valence-electron chi connectivity index (χ2n) is 8.09. The molecule has 6 heteroatoms. The van der Waals surface area contributed by atoms with Gasteiger partial charge in [-0.25, -0.2) is 0 Å². The molecule has 2 aliphatic heterocycles. The van der Waals surface area contributed by atoms with E-state index in [1.54, 1.807) is 19.5 Å². The quantitative estimate of drug-likeness (QED) is 0.708. The number of methoxy groups -OCH3 is 1. The molecule has 2 aromatic carbocycles. The van der Waals surface area contributed by atoms with Gasteiger partial charge in [0.25, 0.3) is 5.91 Å². The number of rotatable bonds is 3. The van der Waals surface area contributed by atoms with E-state index < -0.39 is 11.5 Å². The van der Waals surface area contributed by atoms with Gasteiger partial charge in [0.2, 0.25) is 5.91 Å². The summed E-state index contributed by atoms with van der Waals surface area (Å²) >= 11 is 0. The zero-order valence-electron chi connectivity index (χ0n) is 17.5. The maximum absolute atomic E-state index is 13.7. The number of nitrogens with zero attached hydrogens (tertiary/aromatic N) is 2. The number of aryl methyl sites for hydroxylation is 1. The topological polar surface area (TPSA) is 71.5 Å². The predicted octanol–water partition coefficient (Wildman–Crippen LogP) is 3.88. The molecule has 0 saturated carbocycles. The molecule has 2 amide bonds. The minimum absolute atomic E-state index is 0.0697. The highest BCUT2D eigenvalue weighted by molar-refractivity contribution is 6.08. The van der Waals surface area contributed by atoms with E-state index in [0.29, 0.717) is 24.3 Å². The van der Waals surface area contributed by atoms with Gasteiger partial charge < -0.3 is 15.0 Å². The predicted molar refractivity (Wildman–Crippen MR) is 117 cm³/mol. The Bertz CT molecular complexity index is 1190. The summed E-state index contributed by atoms with van der Waals surface area (Å²) < 4.78 is 5.45. The minimum Gasteiger partial charge on any atom is -0.497 e. The lowest BCUT2D eigenvalue weighted by atomic mass is 9.72. The van der Waals surface area contributed by atoms with E-state index in [0.717, 1.165) is 22.4 Å². The Balaban J connectivity index is 1.69. The van der Waals surface area contributed by atoms with Gasteiger partial charge in [0.1, 0.15) is 11.2 Å². The lowest BCUT2D eigenvalue weighted by Gasteiger charge is -2.34. The lowest BCUT2D eigenvalue weighted by Crippen LogP contribution is -2.42. The highest BCUT2D eigenvalue weighted by Gasteiger charge is 2.59. The number of anilines is 1. The molecule has 0 radical (unpaired) electrons. The molecule has 1 aromatic heterocycles. The van der Waals surface area contributed by atoms with Crippen LogP contribution < -0.4 is 10.1 Å². The van der Waals surface area contributed by atoms with Crippen molar-refractivity contribution in [2.24, 2.45) is 0 Å². The smallest absolute Gasteiger partial charge is 0.256 e. The monoisotopic (exact) mass is 413 g/mol. The molecule has 31 heavy (non-hydrogen) atoms. The van der Waals surface area contributed by atoms with Crippen molar-refractivity contribution in [3.05, 3.63) is 89.2 Å². The molecule has 0 aliphatic carbocycles. The highest BCUT2D eigenvalue weighted by Crippen LogP contribution is 2.55. The van der Waals surface area contributed by atoms with Gasteiger partial charge in [0.05, 0.1) is 18.7 Å². The maximum atomic E-state index is 13.7. The van der Waals surface area contributed by atoms with Crippen LogP contribution in [-0.2, 0) is 10.2 Å². The average molecular weight is 413 g/mol. The number of carbonyl (C=O) groups is 2. The molecule has 1 saturated heterocycles. The molecule has 156 valence electrons. The first kappa shape index (κ1) is 19.3. The molecule has 6 nitrogen and oxygen atoms in total. The second-order valence-corrected chi connectivity index (χ2v) is 8.09. The Labute approximate surface area is 180 Å². The molecular formula is C25H23N3O3. The van der Waals surface area contributed by atoms with Crippen LogP contribution in [0.25, 0.3) is 0 Å². The number of ether oxygens (including phenoxy) is 1. The molecule has 2 unspecified atom stereocenters. The molecule has 3 aromatic rings. The summed E-state index contributed by atoms with van der Waals surface area (Å²) in [6, 6.07) is 16.8. The van der Waals surface area contributed by atoms with Crippen molar-refractivity contribution >= 4 is 17.5 Å². The molecule has 5 rings (SSSR count). The van der Waals surface area contributed by atoms with Crippen molar-refractivity contribution in [2.75, 3.05) is 19.0 Å². The van der Waals surface area contributed by atoms with Crippen LogP contribution in [0.4, 0.5) is 5.69 Å². The molecule has 2 aliphatic rings. The van der Waals surface area contributed by atoms with Crippen LogP contribution >= 0.6 is 0 Å². The van der Waals surface area contributed by atoms with Gasteiger partial charge in [-0.05, 0) is 54.3 Å². The van der Waals surface area contributed by atoms with Crippen molar-refractivity contribution < 1.29 is 14.3 Å². The zero-order chi connectivity index (χ0) is 21.6. The standard InChI is InChI=1S/C25H23N3O3/c1-16-10-12-26-15-19(16)23(29)28-13-11-25(20-8-3-4-9-21(20)27-24(25)30)22(28)17-6-5-7-18(14-17)31-2/h3-10,12,14-15,22H,11,13H2,1-2H3,(H,27,30). The lowest BCUT2D eigenvalue weighted by molar-refractivity contribution is -0.121. The highest BCUT2D eigenvalue weighted by atomic mass is 16.5. The third-order valence-electron chi connectivity index (χ3n) is 6.53. The maximum Gasteiger partial charge on any atom is 0.256 e. The summed E-state index contributed by atoms with van der Waals surface area (Å²) in [5, 5.41) is 3.05. The summed E-state index contributed by atoms with van der Waals surface area (Å²) in [6.07, 6.45) is 3.83. The summed E-state index contributed by atoms with van der Waals surface area (Å²) in [5.74, 6) is 0.503. The Hall–Kier alpha value is -3.67. The number of pyridine rings is 1. The van der Waals surface area contributed by atoms with Crippen LogP contribution in [0.15, 0.2) is 67.0 Å². The first-order valence-electron chi connectivity index (χ1n) is 10.3. The van der Waals surface area contributed by atoms with Crippen LogP contribution in [0.5, 0.6) is 5.75 Å². The number of carbonyl (C=O) groups excluding carboxylic acids is 2. The van der Waals surface area contributed by atoms with Crippen molar-refractivity contribution in [3.8, 4) is 5.75 Å². The van der Waals surface area contributed by atoms with Crippen LogP contribution in [0, 0.1) is 6.92 Å². The van der Waals surface area contributed by atoms with E-state index in [2.05, 4.69) is 10.3 Å². The van der Waals surface area contributed by atoms with Crippen molar-refractivity contribution in [3.63, 3.8) is 0 Å². The first-order chi connectivity index (χ1) is 15.1. The number of para-hydroxylation sites is 1. The van der Waals surface area contributed by atoms with Crippen LogP contribution in [0.1, 0.15) is 39.5 Å². The van der Waals surface area contributed by atoms with Gasteiger partial charge in [-0.2, -0.15) is 0 Å². The van der Waals surface area contributed by atoms with Gasteiger partial charge in [0.15, 0.2) is 0 Å². The Morgan fingerprint density at radius 2 is 2.03 bits per heavy atom. The largest absolute Gasteiger partial charge is 0.497 e. The van der Waals surface area contributed by atoms with Gasteiger partial charge in [-0.3, -0.25) is 14.6 Å². The fourth-order valence-electron chi connectivity index (χ4n) is 5.02. The molecular weight excluding hydrogens is 390 g/mol.